The zero-order chi connectivity index (χ0) is 11.5. The van der Waals surface area contributed by atoms with Crippen molar-refractivity contribution in [2.75, 3.05) is 26.7 Å². The number of carbonyl (C=O) groups is 1. The van der Waals surface area contributed by atoms with Gasteiger partial charge >= 0.3 is 0 Å². The quantitative estimate of drug-likeness (QED) is 0.641. The lowest BCUT2D eigenvalue weighted by Gasteiger charge is -2.18. The predicted molar refractivity (Wildman–Crippen MR) is 60.0 cm³/mol. The summed E-state index contributed by atoms with van der Waals surface area (Å²) in [6.45, 7) is 2.49. The molecule has 6 nitrogen and oxygen atoms in total. The highest BCUT2D eigenvalue weighted by molar-refractivity contribution is 5.81. The molecule has 3 N–H and O–H groups in total. The minimum atomic E-state index is -0.407. The summed E-state index contributed by atoms with van der Waals surface area (Å²) < 4.78 is 5.51. The number of rotatable bonds is 3. The number of ether oxygens (including phenoxy) is 1. The van der Waals surface area contributed by atoms with Crippen LogP contribution in [-0.4, -0.2) is 55.7 Å². The number of nitrogens with one attached hydrogen (secondary N) is 1. The maximum absolute atomic E-state index is 10.9. The number of amides is 1. The molecule has 1 saturated heterocycles. The molecule has 2 atom stereocenters. The van der Waals surface area contributed by atoms with E-state index in [9.17, 15) is 4.79 Å². The van der Waals surface area contributed by atoms with Gasteiger partial charge in [-0.25, -0.2) is 0 Å². The number of primary amides is 1. The van der Waals surface area contributed by atoms with Crippen molar-refractivity contribution in [3.63, 3.8) is 0 Å². The Balaban J connectivity index is 1.73. The molecule has 2 unspecified atom stereocenters. The van der Waals surface area contributed by atoms with Crippen molar-refractivity contribution in [1.82, 2.24) is 10.2 Å². The van der Waals surface area contributed by atoms with Gasteiger partial charge in [-0.3, -0.25) is 9.79 Å². The third-order valence-electron chi connectivity index (χ3n) is 2.97. The summed E-state index contributed by atoms with van der Waals surface area (Å²) in [4.78, 5) is 17.3. The fraction of sp³-hybridized carbons (Fsp3) is 0.800. The fourth-order valence-electron chi connectivity index (χ4n) is 1.99. The number of nitrogens with zero attached hydrogens (tertiary/aromatic N) is 2. The summed E-state index contributed by atoms with van der Waals surface area (Å²) in [6.07, 6.45) is 1.26. The second-order valence-corrected chi connectivity index (χ2v) is 4.23. The third-order valence-corrected chi connectivity index (χ3v) is 2.97. The van der Waals surface area contributed by atoms with Crippen molar-refractivity contribution >= 4 is 11.9 Å². The predicted octanol–water partition coefficient (Wildman–Crippen LogP) is -1.09. The second-order valence-electron chi connectivity index (χ2n) is 4.23. The standard InChI is InChI=1S/C10H18N4O2/c1-14-5-4-12-10(14)13-6-7-2-3-8(16-7)9(11)15/h7-8H,2-6H2,1H3,(H2,11,15)(H,12,13). The van der Waals surface area contributed by atoms with E-state index >= 15 is 0 Å². The van der Waals surface area contributed by atoms with Crippen LogP contribution in [0.5, 0.6) is 0 Å². The summed E-state index contributed by atoms with van der Waals surface area (Å²) in [7, 11) is 2.00. The number of carbonyl (C=O) groups excluding carboxylic acids is 1. The molecule has 0 bridgehead atoms. The number of hydrogen-bond donors (Lipinski definition) is 2. The molecule has 16 heavy (non-hydrogen) atoms. The zero-order valence-corrected chi connectivity index (χ0v) is 9.48. The topological polar surface area (TPSA) is 80.0 Å². The Kier molecular flexibility index (Phi) is 3.28. The van der Waals surface area contributed by atoms with E-state index in [2.05, 4.69) is 15.2 Å². The molecule has 0 radical (unpaired) electrons. The average Bonchev–Trinajstić information content (AvgIpc) is 2.83. The highest BCUT2D eigenvalue weighted by Gasteiger charge is 2.29. The van der Waals surface area contributed by atoms with Gasteiger partial charge in [0.05, 0.1) is 12.6 Å². The maximum Gasteiger partial charge on any atom is 0.246 e. The van der Waals surface area contributed by atoms with E-state index < -0.39 is 6.10 Å². The number of hydrogen-bond acceptors (Lipinski definition) is 5. The molecule has 0 spiro atoms. The van der Waals surface area contributed by atoms with Crippen LogP contribution >= 0.6 is 0 Å². The van der Waals surface area contributed by atoms with Gasteiger partial charge in [-0.05, 0) is 12.8 Å². The van der Waals surface area contributed by atoms with E-state index in [1.807, 2.05) is 7.05 Å². The smallest absolute Gasteiger partial charge is 0.246 e. The summed E-state index contributed by atoms with van der Waals surface area (Å²) in [5.74, 6) is 0.545. The van der Waals surface area contributed by atoms with Crippen LogP contribution in [0.1, 0.15) is 12.8 Å². The summed E-state index contributed by atoms with van der Waals surface area (Å²) in [5, 5.41) is 3.23. The van der Waals surface area contributed by atoms with Gasteiger partial charge in [-0.2, -0.15) is 0 Å². The Morgan fingerprint density at radius 1 is 1.69 bits per heavy atom. The molecule has 0 aliphatic carbocycles. The lowest BCUT2D eigenvalue weighted by molar-refractivity contribution is -0.128. The van der Waals surface area contributed by atoms with Crippen LogP contribution in [0.15, 0.2) is 4.99 Å². The number of guanidine groups is 1. The monoisotopic (exact) mass is 226 g/mol. The van der Waals surface area contributed by atoms with Gasteiger partial charge < -0.3 is 20.7 Å². The molecule has 2 rings (SSSR count). The van der Waals surface area contributed by atoms with Crippen LogP contribution in [0.4, 0.5) is 0 Å². The van der Waals surface area contributed by atoms with Gasteiger partial charge in [0.25, 0.3) is 0 Å². The Hall–Kier alpha value is -1.30. The van der Waals surface area contributed by atoms with E-state index in [0.717, 1.165) is 31.9 Å². The summed E-state index contributed by atoms with van der Waals surface area (Å²) in [6, 6.07) is 0. The first kappa shape index (κ1) is 11.2. The van der Waals surface area contributed by atoms with Crippen LogP contribution in [0.2, 0.25) is 0 Å². The molecule has 0 aromatic rings. The molecular weight excluding hydrogens is 208 g/mol. The lowest BCUT2D eigenvalue weighted by atomic mass is 10.2. The SMILES string of the molecule is CN1CCN=C1NCC1CCC(C(N)=O)O1. The molecule has 2 aliphatic heterocycles. The molecule has 2 aliphatic rings. The van der Waals surface area contributed by atoms with Gasteiger partial charge in [0, 0.05) is 20.1 Å². The highest BCUT2D eigenvalue weighted by atomic mass is 16.5. The first-order valence-corrected chi connectivity index (χ1v) is 5.61. The van der Waals surface area contributed by atoms with Crippen molar-refractivity contribution in [2.45, 2.75) is 25.0 Å². The maximum atomic E-state index is 10.9. The van der Waals surface area contributed by atoms with Gasteiger partial charge in [-0.15, -0.1) is 0 Å². The molecular formula is C10H18N4O2. The van der Waals surface area contributed by atoms with Crippen LogP contribution in [0, 0.1) is 0 Å². The third kappa shape index (κ3) is 2.44. The number of likely N-dealkylation sites (N-methyl/N-ethyl adjacent to an activating group) is 1. The molecule has 0 aromatic heterocycles. The van der Waals surface area contributed by atoms with Crippen LogP contribution in [0.3, 0.4) is 0 Å². The minimum absolute atomic E-state index is 0.0641. The first-order chi connectivity index (χ1) is 7.66. The van der Waals surface area contributed by atoms with E-state index in [-0.39, 0.29) is 12.0 Å². The number of aliphatic imine (C=N–C) groups is 1. The molecule has 1 amide bonds. The van der Waals surface area contributed by atoms with E-state index in [1.165, 1.54) is 0 Å². The Bertz CT molecular complexity index is 305. The normalized spacial score (nSPS) is 29.3. The van der Waals surface area contributed by atoms with Crippen LogP contribution < -0.4 is 11.1 Å². The molecule has 2 heterocycles. The van der Waals surface area contributed by atoms with Crippen molar-refractivity contribution in [2.24, 2.45) is 10.7 Å². The Labute approximate surface area is 94.8 Å². The molecule has 90 valence electrons. The Morgan fingerprint density at radius 3 is 3.06 bits per heavy atom. The first-order valence-electron chi connectivity index (χ1n) is 5.61. The number of nitrogens with two attached hydrogens (primary N) is 1. The largest absolute Gasteiger partial charge is 0.367 e. The van der Waals surface area contributed by atoms with Crippen molar-refractivity contribution in [3.8, 4) is 0 Å². The van der Waals surface area contributed by atoms with E-state index in [4.69, 9.17) is 10.5 Å². The average molecular weight is 226 g/mol. The van der Waals surface area contributed by atoms with Gasteiger partial charge in [0.15, 0.2) is 5.96 Å². The summed E-state index contributed by atoms with van der Waals surface area (Å²) in [5.41, 5.74) is 5.18. The second kappa shape index (κ2) is 4.69. The highest BCUT2D eigenvalue weighted by Crippen LogP contribution is 2.18. The summed E-state index contributed by atoms with van der Waals surface area (Å²) >= 11 is 0. The molecule has 0 saturated carbocycles. The van der Waals surface area contributed by atoms with Gasteiger partial charge in [-0.1, -0.05) is 0 Å². The van der Waals surface area contributed by atoms with Gasteiger partial charge in [0.1, 0.15) is 6.10 Å². The fourth-order valence-corrected chi connectivity index (χ4v) is 1.99. The van der Waals surface area contributed by atoms with Crippen molar-refractivity contribution in [3.05, 3.63) is 0 Å². The molecule has 0 aromatic carbocycles. The van der Waals surface area contributed by atoms with Gasteiger partial charge in [0.2, 0.25) is 5.91 Å². The molecule has 6 heteroatoms. The zero-order valence-electron chi connectivity index (χ0n) is 9.48. The van der Waals surface area contributed by atoms with E-state index in [0.29, 0.717) is 6.54 Å². The van der Waals surface area contributed by atoms with Crippen LogP contribution in [0.25, 0.3) is 0 Å². The molecule has 1 fully saturated rings. The van der Waals surface area contributed by atoms with Crippen molar-refractivity contribution < 1.29 is 9.53 Å². The van der Waals surface area contributed by atoms with Crippen LogP contribution in [-0.2, 0) is 9.53 Å². The Morgan fingerprint density at radius 2 is 2.50 bits per heavy atom. The minimum Gasteiger partial charge on any atom is -0.367 e. The van der Waals surface area contributed by atoms with E-state index in [1.54, 1.807) is 0 Å². The van der Waals surface area contributed by atoms with Crippen molar-refractivity contribution in [1.29, 1.82) is 0 Å². The lowest BCUT2D eigenvalue weighted by Crippen LogP contribution is -2.40.